The molecular weight excluding hydrogens is 519 g/mol. The van der Waals surface area contributed by atoms with Gasteiger partial charge in [0.15, 0.2) is 0 Å². The van der Waals surface area contributed by atoms with Crippen LogP contribution in [-0.4, -0.2) is 33.9 Å². The van der Waals surface area contributed by atoms with E-state index in [-0.39, 0.29) is 11.5 Å². The zero-order valence-corrected chi connectivity index (χ0v) is 21.7. The molecule has 3 aromatic rings. The van der Waals surface area contributed by atoms with Gasteiger partial charge in [-0.1, -0.05) is 40.9 Å². The third-order valence-corrected chi connectivity index (χ3v) is 6.55. The van der Waals surface area contributed by atoms with E-state index in [9.17, 15) is 14.4 Å². The highest BCUT2D eigenvalue weighted by Gasteiger charge is 2.45. The first kappa shape index (κ1) is 25.6. The fourth-order valence-corrected chi connectivity index (χ4v) is 4.45. The zero-order chi connectivity index (χ0) is 26.0. The van der Waals surface area contributed by atoms with E-state index in [4.69, 9.17) is 35.4 Å². The number of benzene rings is 3. The van der Waals surface area contributed by atoms with Crippen LogP contribution in [0.3, 0.4) is 0 Å². The van der Waals surface area contributed by atoms with Gasteiger partial charge >= 0.3 is 0 Å². The van der Waals surface area contributed by atoms with Gasteiger partial charge in [-0.05, 0) is 86.2 Å². The Bertz CT molecular complexity index is 1350. The van der Waals surface area contributed by atoms with Crippen molar-refractivity contribution in [3.05, 3.63) is 93.5 Å². The van der Waals surface area contributed by atoms with Crippen molar-refractivity contribution in [1.82, 2.24) is 10.4 Å². The van der Waals surface area contributed by atoms with Crippen molar-refractivity contribution in [2.75, 3.05) is 10.2 Å². The molecule has 0 saturated carbocycles. The number of rotatable bonds is 6. The Labute approximate surface area is 223 Å². The fraction of sp³-hybridized carbons (Fsp3) is 0.154. The molecule has 1 heterocycles. The Morgan fingerprint density at radius 3 is 2.17 bits per heavy atom. The molecule has 7 nitrogen and oxygen atoms in total. The van der Waals surface area contributed by atoms with Gasteiger partial charge in [-0.3, -0.25) is 24.7 Å². The van der Waals surface area contributed by atoms with Gasteiger partial charge in [0.1, 0.15) is 6.04 Å². The number of hydrazine groups is 1. The normalized spacial score (nSPS) is 15.3. The number of nitrogens with zero attached hydrogens (tertiary/aromatic N) is 2. The molecule has 1 saturated heterocycles. The molecule has 4 rings (SSSR count). The Hall–Kier alpha value is -3.46. The molecule has 0 aliphatic carbocycles. The number of anilines is 2. The molecule has 0 radical (unpaired) electrons. The summed E-state index contributed by atoms with van der Waals surface area (Å²) in [7, 11) is 0. The minimum absolute atomic E-state index is 0.0361. The number of thiocarbonyl (C=S) groups is 1. The van der Waals surface area contributed by atoms with E-state index in [2.05, 4.69) is 10.7 Å². The minimum Gasteiger partial charge on any atom is -0.326 e. The lowest BCUT2D eigenvalue weighted by atomic mass is 10.1. The molecule has 10 heteroatoms. The largest absolute Gasteiger partial charge is 0.326 e. The molecule has 1 aliphatic rings. The molecule has 3 aromatic carbocycles. The van der Waals surface area contributed by atoms with Crippen LogP contribution < -0.4 is 15.6 Å². The number of carbonyl (C=O) groups excluding carboxylic acids is 3. The van der Waals surface area contributed by atoms with Crippen molar-refractivity contribution in [2.45, 2.75) is 26.3 Å². The zero-order valence-electron chi connectivity index (χ0n) is 19.4. The van der Waals surface area contributed by atoms with Gasteiger partial charge in [-0.15, -0.1) is 0 Å². The Balaban J connectivity index is 1.60. The standard InChI is InChI=1S/C26H22Cl2N4O3S/c1-15-3-12-21(16(2)13-15)29-23(33)14-22-25(35)31(20-10-8-19(28)9-11-20)26(36)32(22)30-24(34)17-4-6-18(27)7-5-17/h3-13,22H,14H2,1-2H3,(H,29,33)(H,30,34). The van der Waals surface area contributed by atoms with E-state index in [0.717, 1.165) is 11.1 Å². The van der Waals surface area contributed by atoms with Crippen LogP contribution in [0.15, 0.2) is 66.7 Å². The van der Waals surface area contributed by atoms with E-state index in [1.807, 2.05) is 32.0 Å². The second kappa shape index (κ2) is 10.7. The van der Waals surface area contributed by atoms with Gasteiger partial charge in [0, 0.05) is 21.3 Å². The van der Waals surface area contributed by atoms with Gasteiger partial charge < -0.3 is 5.32 Å². The quantitative estimate of drug-likeness (QED) is 0.415. The van der Waals surface area contributed by atoms with Crippen molar-refractivity contribution < 1.29 is 14.4 Å². The average molecular weight is 541 g/mol. The van der Waals surface area contributed by atoms with Crippen LogP contribution in [0.1, 0.15) is 27.9 Å². The first-order valence-corrected chi connectivity index (χ1v) is 12.2. The minimum atomic E-state index is -1.06. The first-order valence-electron chi connectivity index (χ1n) is 11.0. The Morgan fingerprint density at radius 1 is 0.944 bits per heavy atom. The first-order chi connectivity index (χ1) is 17.1. The number of hydrogen-bond acceptors (Lipinski definition) is 4. The van der Waals surface area contributed by atoms with E-state index in [0.29, 0.717) is 27.0 Å². The summed E-state index contributed by atoms with van der Waals surface area (Å²) >= 11 is 17.5. The van der Waals surface area contributed by atoms with Crippen LogP contribution in [0.25, 0.3) is 0 Å². The van der Waals surface area contributed by atoms with E-state index < -0.39 is 23.8 Å². The van der Waals surface area contributed by atoms with Crippen molar-refractivity contribution in [3.8, 4) is 0 Å². The predicted octanol–water partition coefficient (Wildman–Crippen LogP) is 5.29. The van der Waals surface area contributed by atoms with Crippen LogP contribution in [0.5, 0.6) is 0 Å². The third-order valence-electron chi connectivity index (χ3n) is 5.66. The molecule has 3 amide bonds. The molecule has 184 valence electrons. The molecule has 0 aromatic heterocycles. The predicted molar refractivity (Wildman–Crippen MR) is 145 cm³/mol. The average Bonchev–Trinajstić information content (AvgIpc) is 3.06. The van der Waals surface area contributed by atoms with Crippen LogP contribution >= 0.6 is 35.4 Å². The Morgan fingerprint density at radius 2 is 1.56 bits per heavy atom. The maximum Gasteiger partial charge on any atom is 0.269 e. The Kier molecular flexibility index (Phi) is 7.59. The lowest BCUT2D eigenvalue weighted by Gasteiger charge is -2.24. The molecule has 1 aliphatic heterocycles. The molecule has 1 atom stereocenters. The second-order valence-electron chi connectivity index (χ2n) is 8.34. The molecule has 0 spiro atoms. The number of hydrogen-bond donors (Lipinski definition) is 2. The van der Waals surface area contributed by atoms with Crippen LogP contribution in [0.2, 0.25) is 10.0 Å². The van der Waals surface area contributed by atoms with Gasteiger partial charge in [-0.25, -0.2) is 5.01 Å². The number of halogens is 2. The second-order valence-corrected chi connectivity index (χ2v) is 9.57. The third kappa shape index (κ3) is 5.51. The van der Waals surface area contributed by atoms with Gasteiger partial charge in [-0.2, -0.15) is 0 Å². The summed E-state index contributed by atoms with van der Waals surface area (Å²) in [5.74, 6) is -1.35. The van der Waals surface area contributed by atoms with Gasteiger partial charge in [0.2, 0.25) is 11.0 Å². The summed E-state index contributed by atoms with van der Waals surface area (Å²) < 4.78 is 0. The number of amides is 3. The maximum absolute atomic E-state index is 13.5. The molecular formula is C26H22Cl2N4O3S. The summed E-state index contributed by atoms with van der Waals surface area (Å²) in [6.45, 7) is 3.85. The number of nitrogens with one attached hydrogen (secondary N) is 2. The van der Waals surface area contributed by atoms with Crippen molar-refractivity contribution in [3.63, 3.8) is 0 Å². The van der Waals surface area contributed by atoms with Crippen molar-refractivity contribution in [2.24, 2.45) is 0 Å². The topological polar surface area (TPSA) is 81.8 Å². The van der Waals surface area contributed by atoms with Crippen LogP contribution in [0.4, 0.5) is 11.4 Å². The summed E-state index contributed by atoms with van der Waals surface area (Å²) in [4.78, 5) is 40.7. The monoisotopic (exact) mass is 540 g/mol. The highest BCUT2D eigenvalue weighted by Crippen LogP contribution is 2.28. The molecule has 36 heavy (non-hydrogen) atoms. The van der Waals surface area contributed by atoms with E-state index >= 15 is 0 Å². The van der Waals surface area contributed by atoms with E-state index in [1.54, 1.807) is 48.5 Å². The lowest BCUT2D eigenvalue weighted by Crippen LogP contribution is -2.49. The highest BCUT2D eigenvalue weighted by atomic mass is 35.5. The summed E-state index contributed by atoms with van der Waals surface area (Å²) in [5, 5.41) is 5.11. The summed E-state index contributed by atoms with van der Waals surface area (Å²) in [5.41, 5.74) is 6.08. The number of aryl methyl sites for hydroxylation is 2. The summed E-state index contributed by atoms with van der Waals surface area (Å²) in [6.07, 6.45) is -0.239. The van der Waals surface area contributed by atoms with Gasteiger partial charge in [0.25, 0.3) is 11.8 Å². The van der Waals surface area contributed by atoms with Crippen molar-refractivity contribution >= 4 is 69.6 Å². The molecule has 1 unspecified atom stereocenters. The van der Waals surface area contributed by atoms with E-state index in [1.165, 1.54) is 9.91 Å². The summed E-state index contributed by atoms with van der Waals surface area (Å²) in [6, 6.07) is 17.4. The molecule has 1 fully saturated rings. The SMILES string of the molecule is Cc1ccc(NC(=O)CC2C(=O)N(c3ccc(Cl)cc3)C(=S)N2NC(=O)c2ccc(Cl)cc2)c(C)c1. The van der Waals surface area contributed by atoms with Gasteiger partial charge in [0.05, 0.1) is 12.1 Å². The molecule has 2 N–H and O–H groups in total. The lowest BCUT2D eigenvalue weighted by molar-refractivity contribution is -0.124. The van der Waals surface area contributed by atoms with Crippen molar-refractivity contribution in [1.29, 1.82) is 0 Å². The highest BCUT2D eigenvalue weighted by molar-refractivity contribution is 7.80. The molecule has 0 bridgehead atoms. The van der Waals surface area contributed by atoms with Crippen LogP contribution in [0, 0.1) is 13.8 Å². The smallest absolute Gasteiger partial charge is 0.269 e. The van der Waals surface area contributed by atoms with Crippen LogP contribution in [-0.2, 0) is 9.59 Å². The fourth-order valence-electron chi connectivity index (χ4n) is 3.83. The maximum atomic E-state index is 13.5. The number of carbonyl (C=O) groups is 3.